The molecule has 0 radical (unpaired) electrons. The molecule has 1 aromatic carbocycles. The van der Waals surface area contributed by atoms with Crippen molar-refractivity contribution in [2.45, 2.75) is 32.9 Å². The number of esters is 1. The van der Waals surface area contributed by atoms with E-state index in [2.05, 4.69) is 5.32 Å². The van der Waals surface area contributed by atoms with Gasteiger partial charge in [0.15, 0.2) is 0 Å². The Morgan fingerprint density at radius 1 is 1.35 bits per heavy atom. The molecule has 0 aliphatic rings. The molecule has 0 aromatic heterocycles. The Morgan fingerprint density at radius 3 is 2.35 bits per heavy atom. The van der Waals surface area contributed by atoms with E-state index in [0.717, 1.165) is 5.56 Å². The van der Waals surface area contributed by atoms with Crippen LogP contribution < -0.4 is 5.32 Å². The maximum Gasteiger partial charge on any atom is 0.323 e. The van der Waals surface area contributed by atoms with Gasteiger partial charge in [0.25, 0.3) is 0 Å². The molecule has 2 atom stereocenters. The molecule has 0 amide bonds. The standard InChI is InChI=1S/C15H22ClNO3/c1-15(2,3)13(14(19)20-4)17-9-12(18)10-5-7-11(16)8-6-10/h5-8,12-13,17-18H,9H2,1-4H3. The van der Waals surface area contributed by atoms with Gasteiger partial charge in [0.05, 0.1) is 13.2 Å². The molecule has 0 aliphatic carbocycles. The number of benzene rings is 1. The number of rotatable bonds is 5. The van der Waals surface area contributed by atoms with E-state index in [1.807, 2.05) is 20.8 Å². The fraction of sp³-hybridized carbons (Fsp3) is 0.533. The smallest absolute Gasteiger partial charge is 0.323 e. The molecule has 1 aromatic rings. The van der Waals surface area contributed by atoms with Crippen molar-refractivity contribution < 1.29 is 14.6 Å². The Morgan fingerprint density at radius 2 is 1.90 bits per heavy atom. The zero-order valence-corrected chi connectivity index (χ0v) is 13.1. The number of hydrogen-bond donors (Lipinski definition) is 2. The summed E-state index contributed by atoms with van der Waals surface area (Å²) < 4.78 is 4.79. The Bertz CT molecular complexity index is 439. The van der Waals surface area contributed by atoms with Gasteiger partial charge in [0.1, 0.15) is 6.04 Å². The highest BCUT2D eigenvalue weighted by atomic mass is 35.5. The second-order valence-corrected chi connectivity index (χ2v) is 6.23. The third-order valence-electron chi connectivity index (χ3n) is 3.07. The molecule has 0 spiro atoms. The summed E-state index contributed by atoms with van der Waals surface area (Å²) in [6.45, 7) is 6.08. The average molecular weight is 300 g/mol. The van der Waals surface area contributed by atoms with Crippen LogP contribution >= 0.6 is 11.6 Å². The number of nitrogens with one attached hydrogen (secondary N) is 1. The second-order valence-electron chi connectivity index (χ2n) is 5.80. The highest BCUT2D eigenvalue weighted by Crippen LogP contribution is 2.22. The number of ether oxygens (including phenoxy) is 1. The first-order chi connectivity index (χ1) is 9.25. The molecule has 112 valence electrons. The van der Waals surface area contributed by atoms with Gasteiger partial charge in [-0.1, -0.05) is 44.5 Å². The average Bonchev–Trinajstić information content (AvgIpc) is 2.37. The number of carbonyl (C=O) groups excluding carboxylic acids is 1. The van der Waals surface area contributed by atoms with E-state index in [0.29, 0.717) is 5.02 Å². The molecule has 2 N–H and O–H groups in total. The molecule has 0 heterocycles. The topological polar surface area (TPSA) is 58.6 Å². The van der Waals surface area contributed by atoms with Crippen LogP contribution in [0.4, 0.5) is 0 Å². The fourth-order valence-electron chi connectivity index (χ4n) is 1.89. The summed E-state index contributed by atoms with van der Waals surface area (Å²) in [5.41, 5.74) is 0.451. The van der Waals surface area contributed by atoms with Gasteiger partial charge in [-0.3, -0.25) is 4.79 Å². The highest BCUT2D eigenvalue weighted by molar-refractivity contribution is 6.30. The number of hydrogen-bond acceptors (Lipinski definition) is 4. The van der Waals surface area contributed by atoms with E-state index in [1.165, 1.54) is 7.11 Å². The fourth-order valence-corrected chi connectivity index (χ4v) is 2.02. The first-order valence-corrected chi connectivity index (χ1v) is 6.88. The van der Waals surface area contributed by atoms with Crippen molar-refractivity contribution >= 4 is 17.6 Å². The van der Waals surface area contributed by atoms with Gasteiger partial charge in [-0.15, -0.1) is 0 Å². The number of halogens is 1. The summed E-state index contributed by atoms with van der Waals surface area (Å²) in [6.07, 6.45) is -0.707. The van der Waals surface area contributed by atoms with Crippen molar-refractivity contribution in [3.05, 3.63) is 34.9 Å². The molecule has 20 heavy (non-hydrogen) atoms. The highest BCUT2D eigenvalue weighted by Gasteiger charge is 2.32. The second kappa shape index (κ2) is 7.07. The van der Waals surface area contributed by atoms with E-state index >= 15 is 0 Å². The van der Waals surface area contributed by atoms with Crippen molar-refractivity contribution in [2.75, 3.05) is 13.7 Å². The minimum atomic E-state index is -0.707. The zero-order chi connectivity index (χ0) is 15.3. The van der Waals surface area contributed by atoms with E-state index in [4.69, 9.17) is 16.3 Å². The third-order valence-corrected chi connectivity index (χ3v) is 3.32. The van der Waals surface area contributed by atoms with Gasteiger partial charge in [0.2, 0.25) is 0 Å². The number of carbonyl (C=O) groups is 1. The quantitative estimate of drug-likeness (QED) is 0.820. The molecule has 0 fully saturated rings. The number of aliphatic hydroxyl groups excluding tert-OH is 1. The molecule has 5 heteroatoms. The Labute approximate surface area is 125 Å². The largest absolute Gasteiger partial charge is 0.468 e. The third kappa shape index (κ3) is 4.78. The molecule has 0 aliphatic heterocycles. The molecule has 4 nitrogen and oxygen atoms in total. The maximum absolute atomic E-state index is 11.8. The lowest BCUT2D eigenvalue weighted by molar-refractivity contribution is -0.146. The van der Waals surface area contributed by atoms with E-state index < -0.39 is 12.1 Å². The van der Waals surface area contributed by atoms with E-state index in [-0.39, 0.29) is 17.9 Å². The molecular weight excluding hydrogens is 278 g/mol. The van der Waals surface area contributed by atoms with Crippen LogP contribution in [0.5, 0.6) is 0 Å². The van der Waals surface area contributed by atoms with Crippen LogP contribution in [0.25, 0.3) is 0 Å². The van der Waals surface area contributed by atoms with Crippen LogP contribution in [-0.4, -0.2) is 30.8 Å². The van der Waals surface area contributed by atoms with Gasteiger partial charge >= 0.3 is 5.97 Å². The predicted octanol–water partition coefficient (Wildman–Crippen LogP) is 2.55. The minimum Gasteiger partial charge on any atom is -0.468 e. The van der Waals surface area contributed by atoms with E-state index in [9.17, 15) is 9.90 Å². The molecule has 0 saturated heterocycles. The SMILES string of the molecule is COC(=O)C(NCC(O)c1ccc(Cl)cc1)C(C)(C)C. The van der Waals surface area contributed by atoms with Crippen LogP contribution in [-0.2, 0) is 9.53 Å². The van der Waals surface area contributed by atoms with Crippen LogP contribution in [0.15, 0.2) is 24.3 Å². The summed E-state index contributed by atoms with van der Waals surface area (Å²) in [6, 6.07) is 6.50. The monoisotopic (exact) mass is 299 g/mol. The van der Waals surface area contributed by atoms with Gasteiger partial charge in [-0.05, 0) is 23.1 Å². The predicted molar refractivity (Wildman–Crippen MR) is 79.7 cm³/mol. The lowest BCUT2D eigenvalue weighted by Crippen LogP contribution is -2.48. The normalized spacial score (nSPS) is 14.7. The van der Waals surface area contributed by atoms with Gasteiger partial charge in [-0.25, -0.2) is 0 Å². The first-order valence-electron chi connectivity index (χ1n) is 6.50. The Hall–Kier alpha value is -1.10. The van der Waals surface area contributed by atoms with Gasteiger partial charge in [-0.2, -0.15) is 0 Å². The summed E-state index contributed by atoms with van der Waals surface area (Å²) in [7, 11) is 1.36. The lowest BCUT2D eigenvalue weighted by atomic mass is 9.86. The Balaban J connectivity index is 2.67. The molecule has 0 saturated carbocycles. The van der Waals surface area contributed by atoms with Crippen LogP contribution in [0.3, 0.4) is 0 Å². The van der Waals surface area contributed by atoms with Crippen LogP contribution in [0, 0.1) is 5.41 Å². The molecule has 1 rings (SSSR count). The summed E-state index contributed by atoms with van der Waals surface area (Å²) in [4.78, 5) is 11.8. The molecule has 0 bridgehead atoms. The minimum absolute atomic E-state index is 0.263. The summed E-state index contributed by atoms with van der Waals surface area (Å²) in [5, 5.41) is 13.8. The maximum atomic E-state index is 11.8. The van der Waals surface area contributed by atoms with Crippen molar-refractivity contribution in [1.82, 2.24) is 5.32 Å². The van der Waals surface area contributed by atoms with Gasteiger partial charge in [0, 0.05) is 11.6 Å². The summed E-state index contributed by atoms with van der Waals surface area (Å²) in [5.74, 6) is -0.333. The van der Waals surface area contributed by atoms with Crippen molar-refractivity contribution in [1.29, 1.82) is 0 Å². The van der Waals surface area contributed by atoms with E-state index in [1.54, 1.807) is 24.3 Å². The van der Waals surface area contributed by atoms with Crippen LogP contribution in [0.1, 0.15) is 32.4 Å². The zero-order valence-electron chi connectivity index (χ0n) is 12.3. The molecule has 2 unspecified atom stereocenters. The number of aliphatic hydroxyl groups is 1. The van der Waals surface area contributed by atoms with Crippen LogP contribution in [0.2, 0.25) is 5.02 Å². The first kappa shape index (κ1) is 17.0. The summed E-state index contributed by atoms with van der Waals surface area (Å²) >= 11 is 5.81. The van der Waals surface area contributed by atoms with Crippen molar-refractivity contribution in [3.63, 3.8) is 0 Å². The number of methoxy groups -OCH3 is 1. The van der Waals surface area contributed by atoms with Crippen molar-refractivity contribution in [2.24, 2.45) is 5.41 Å². The lowest BCUT2D eigenvalue weighted by Gasteiger charge is -2.30. The van der Waals surface area contributed by atoms with Gasteiger partial charge < -0.3 is 15.2 Å². The Kier molecular flexibility index (Phi) is 5.99. The van der Waals surface area contributed by atoms with Crippen molar-refractivity contribution in [3.8, 4) is 0 Å². The molecular formula is C15H22ClNO3.